The number of pyridine rings is 1. The van der Waals surface area contributed by atoms with Crippen LogP contribution in [0.5, 0.6) is 5.75 Å². The Labute approximate surface area is 116 Å². The van der Waals surface area contributed by atoms with Gasteiger partial charge in [-0.1, -0.05) is 13.0 Å². The molecule has 0 aliphatic rings. The van der Waals surface area contributed by atoms with Gasteiger partial charge < -0.3 is 10.5 Å². The Kier molecular flexibility index (Phi) is 3.85. The number of fused-ring (bicyclic) bond motifs is 1. The van der Waals surface area contributed by atoms with E-state index < -0.39 is 10.5 Å². The Morgan fingerprint density at radius 1 is 1.45 bits per heavy atom. The molecule has 0 aliphatic carbocycles. The van der Waals surface area contributed by atoms with E-state index in [1.165, 1.54) is 12.3 Å². The summed E-state index contributed by atoms with van der Waals surface area (Å²) in [6.45, 7) is 4.23. The molecule has 0 amide bonds. The van der Waals surface area contributed by atoms with Gasteiger partial charge in [0.1, 0.15) is 12.4 Å². The molecule has 0 aliphatic heterocycles. The molecule has 2 N–H and O–H groups in total. The molecule has 0 spiro atoms. The maximum absolute atomic E-state index is 11.0. The van der Waals surface area contributed by atoms with Crippen molar-refractivity contribution >= 4 is 16.6 Å². The Hall–Kier alpha value is -2.21. The zero-order valence-corrected chi connectivity index (χ0v) is 11.5. The summed E-state index contributed by atoms with van der Waals surface area (Å²) in [7, 11) is 0. The van der Waals surface area contributed by atoms with Crippen molar-refractivity contribution in [1.82, 2.24) is 4.98 Å². The van der Waals surface area contributed by atoms with Crippen LogP contribution in [0.2, 0.25) is 0 Å². The molecule has 0 saturated heterocycles. The SMILES string of the molecule is CCC(C)(N)COc1ccnc2c([N+](=O)[O-])cccc12. The quantitative estimate of drug-likeness (QED) is 0.669. The third-order valence-corrected chi connectivity index (χ3v) is 3.27. The number of rotatable bonds is 5. The minimum Gasteiger partial charge on any atom is -0.491 e. The summed E-state index contributed by atoms with van der Waals surface area (Å²) in [5.74, 6) is 0.559. The van der Waals surface area contributed by atoms with Crippen LogP contribution in [0, 0.1) is 10.1 Å². The third kappa shape index (κ3) is 2.85. The fourth-order valence-corrected chi connectivity index (χ4v) is 1.75. The molecule has 20 heavy (non-hydrogen) atoms. The molecule has 6 heteroatoms. The number of ether oxygens (including phenoxy) is 1. The number of nitro benzene ring substituents is 1. The number of nitrogens with two attached hydrogens (primary N) is 1. The van der Waals surface area contributed by atoms with Gasteiger partial charge in [-0.2, -0.15) is 0 Å². The van der Waals surface area contributed by atoms with Gasteiger partial charge in [-0.3, -0.25) is 10.1 Å². The van der Waals surface area contributed by atoms with E-state index in [0.717, 1.165) is 6.42 Å². The van der Waals surface area contributed by atoms with Crippen LogP contribution in [-0.4, -0.2) is 22.1 Å². The van der Waals surface area contributed by atoms with Crippen LogP contribution in [0.3, 0.4) is 0 Å². The lowest BCUT2D eigenvalue weighted by Crippen LogP contribution is -2.41. The second kappa shape index (κ2) is 5.42. The second-order valence-electron chi connectivity index (χ2n) is 5.04. The van der Waals surface area contributed by atoms with E-state index in [9.17, 15) is 10.1 Å². The van der Waals surface area contributed by atoms with Gasteiger partial charge >= 0.3 is 0 Å². The molecule has 1 atom stereocenters. The summed E-state index contributed by atoms with van der Waals surface area (Å²) in [6.07, 6.45) is 2.28. The van der Waals surface area contributed by atoms with Gasteiger partial charge in [0.05, 0.1) is 4.92 Å². The first-order chi connectivity index (χ1) is 9.44. The molecule has 1 heterocycles. The molecule has 2 aromatic rings. The highest BCUT2D eigenvalue weighted by molar-refractivity contribution is 5.91. The van der Waals surface area contributed by atoms with Crippen LogP contribution in [0.25, 0.3) is 10.9 Å². The highest BCUT2D eigenvalue weighted by Gasteiger charge is 2.19. The standard InChI is InChI=1S/C14H17N3O3/c1-3-14(2,15)9-20-12-7-8-16-13-10(12)5-4-6-11(13)17(18)19/h4-8H,3,9,15H2,1-2H3. The minimum absolute atomic E-state index is 0.0287. The van der Waals surface area contributed by atoms with Crippen molar-refractivity contribution < 1.29 is 9.66 Å². The number of nitro groups is 1. The van der Waals surface area contributed by atoms with Gasteiger partial charge in [0.25, 0.3) is 5.69 Å². The van der Waals surface area contributed by atoms with E-state index in [4.69, 9.17) is 10.5 Å². The molecular formula is C14H17N3O3. The molecular weight excluding hydrogens is 258 g/mol. The largest absolute Gasteiger partial charge is 0.491 e. The molecule has 1 aromatic carbocycles. The first-order valence-corrected chi connectivity index (χ1v) is 6.38. The van der Waals surface area contributed by atoms with Crippen LogP contribution in [0.15, 0.2) is 30.5 Å². The number of hydrogen-bond acceptors (Lipinski definition) is 5. The molecule has 0 bridgehead atoms. The van der Waals surface area contributed by atoms with Crippen molar-refractivity contribution in [3.63, 3.8) is 0 Å². The normalized spacial score (nSPS) is 13.9. The van der Waals surface area contributed by atoms with Crippen LogP contribution in [0.1, 0.15) is 20.3 Å². The first-order valence-electron chi connectivity index (χ1n) is 6.38. The molecule has 106 valence electrons. The average Bonchev–Trinajstić information content (AvgIpc) is 2.44. The number of benzene rings is 1. The van der Waals surface area contributed by atoms with Crippen LogP contribution >= 0.6 is 0 Å². The minimum atomic E-state index is -0.446. The summed E-state index contributed by atoms with van der Waals surface area (Å²) in [6, 6.07) is 6.50. The smallest absolute Gasteiger partial charge is 0.295 e. The summed E-state index contributed by atoms with van der Waals surface area (Å²) >= 11 is 0. The molecule has 1 aromatic heterocycles. The Bertz CT molecular complexity index is 641. The average molecular weight is 275 g/mol. The maximum atomic E-state index is 11.0. The van der Waals surface area contributed by atoms with Gasteiger partial charge in [-0.05, 0) is 25.5 Å². The van der Waals surface area contributed by atoms with E-state index >= 15 is 0 Å². The predicted octanol–water partition coefficient (Wildman–Crippen LogP) is 2.65. The zero-order chi connectivity index (χ0) is 14.8. The maximum Gasteiger partial charge on any atom is 0.295 e. The zero-order valence-electron chi connectivity index (χ0n) is 11.5. The lowest BCUT2D eigenvalue weighted by molar-refractivity contribution is -0.383. The van der Waals surface area contributed by atoms with Crippen LogP contribution in [0.4, 0.5) is 5.69 Å². The Morgan fingerprint density at radius 2 is 2.20 bits per heavy atom. The van der Waals surface area contributed by atoms with Crippen molar-refractivity contribution in [2.75, 3.05) is 6.61 Å². The monoisotopic (exact) mass is 275 g/mol. The summed E-state index contributed by atoms with van der Waals surface area (Å²) in [5, 5.41) is 11.6. The lowest BCUT2D eigenvalue weighted by Gasteiger charge is -2.23. The number of aromatic nitrogens is 1. The van der Waals surface area contributed by atoms with Crippen molar-refractivity contribution in [2.45, 2.75) is 25.8 Å². The van der Waals surface area contributed by atoms with E-state index in [-0.39, 0.29) is 5.69 Å². The van der Waals surface area contributed by atoms with Crippen molar-refractivity contribution in [2.24, 2.45) is 5.73 Å². The molecule has 0 saturated carbocycles. The van der Waals surface area contributed by atoms with E-state index in [1.807, 2.05) is 13.8 Å². The fraction of sp³-hybridized carbons (Fsp3) is 0.357. The second-order valence-corrected chi connectivity index (χ2v) is 5.04. The topological polar surface area (TPSA) is 91.3 Å². The van der Waals surface area contributed by atoms with E-state index in [2.05, 4.69) is 4.98 Å². The highest BCUT2D eigenvalue weighted by atomic mass is 16.6. The number of hydrogen-bond donors (Lipinski definition) is 1. The third-order valence-electron chi connectivity index (χ3n) is 3.27. The van der Waals surface area contributed by atoms with Gasteiger partial charge in [0.15, 0.2) is 5.52 Å². The molecule has 0 radical (unpaired) electrons. The van der Waals surface area contributed by atoms with Gasteiger partial charge in [-0.25, -0.2) is 4.98 Å². The number of para-hydroxylation sites is 1. The Balaban J connectivity index is 2.40. The summed E-state index contributed by atoms with van der Waals surface area (Å²) in [5.41, 5.74) is 5.90. The number of non-ortho nitro benzene ring substituents is 1. The summed E-state index contributed by atoms with van der Waals surface area (Å²) in [4.78, 5) is 14.6. The van der Waals surface area contributed by atoms with Crippen LogP contribution in [-0.2, 0) is 0 Å². The van der Waals surface area contributed by atoms with Gasteiger partial charge in [-0.15, -0.1) is 0 Å². The Morgan fingerprint density at radius 3 is 2.85 bits per heavy atom. The lowest BCUT2D eigenvalue weighted by atomic mass is 10.0. The predicted molar refractivity (Wildman–Crippen MR) is 76.8 cm³/mol. The first kappa shape index (κ1) is 14.2. The molecule has 6 nitrogen and oxygen atoms in total. The molecule has 0 fully saturated rings. The van der Waals surface area contributed by atoms with Crippen LogP contribution < -0.4 is 10.5 Å². The van der Waals surface area contributed by atoms with Crippen molar-refractivity contribution in [3.8, 4) is 5.75 Å². The molecule has 1 unspecified atom stereocenters. The highest BCUT2D eigenvalue weighted by Crippen LogP contribution is 2.30. The van der Waals surface area contributed by atoms with Gasteiger partial charge in [0, 0.05) is 23.2 Å². The fourth-order valence-electron chi connectivity index (χ4n) is 1.75. The van der Waals surface area contributed by atoms with E-state index in [0.29, 0.717) is 23.3 Å². The van der Waals surface area contributed by atoms with Gasteiger partial charge in [0.2, 0.25) is 0 Å². The summed E-state index contributed by atoms with van der Waals surface area (Å²) < 4.78 is 5.72. The van der Waals surface area contributed by atoms with E-state index in [1.54, 1.807) is 18.2 Å². The number of nitrogens with zero attached hydrogens (tertiary/aromatic N) is 2. The van der Waals surface area contributed by atoms with Crippen molar-refractivity contribution in [3.05, 3.63) is 40.6 Å². The van der Waals surface area contributed by atoms with Crippen molar-refractivity contribution in [1.29, 1.82) is 0 Å². The molecule has 2 rings (SSSR count).